The highest BCUT2D eigenvalue weighted by Crippen LogP contribution is 2.41. The van der Waals surface area contributed by atoms with E-state index in [1.54, 1.807) is 29.2 Å². The first kappa shape index (κ1) is 23.5. The van der Waals surface area contributed by atoms with E-state index >= 15 is 4.39 Å². The van der Waals surface area contributed by atoms with Crippen molar-refractivity contribution in [2.75, 3.05) is 4.90 Å². The van der Waals surface area contributed by atoms with Gasteiger partial charge in [0, 0.05) is 6.04 Å². The van der Waals surface area contributed by atoms with Crippen molar-refractivity contribution in [1.29, 1.82) is 0 Å². The Morgan fingerprint density at radius 3 is 1.69 bits per heavy atom. The molecule has 178 valence electrons. The minimum absolute atomic E-state index is 0.164. The van der Waals surface area contributed by atoms with Gasteiger partial charge in [0.25, 0.3) is 0 Å². The molecule has 3 heteroatoms. The topological polar surface area (TPSA) is 3.24 Å². The molecule has 0 aliphatic carbocycles. The Morgan fingerprint density at radius 1 is 0.472 bits per heavy atom. The lowest BCUT2D eigenvalue weighted by Gasteiger charge is -2.31. The van der Waals surface area contributed by atoms with Crippen molar-refractivity contribution >= 4 is 11.4 Å². The summed E-state index contributed by atoms with van der Waals surface area (Å²) in [5, 5.41) is 0. The normalized spacial score (nSPS) is 11.0. The van der Waals surface area contributed by atoms with E-state index in [1.165, 1.54) is 6.07 Å². The van der Waals surface area contributed by atoms with Crippen LogP contribution in [0.25, 0.3) is 33.4 Å². The molecular weight excluding hydrogens is 448 g/mol. The zero-order valence-corrected chi connectivity index (χ0v) is 20.3. The molecule has 0 amide bonds. The molecule has 5 aromatic carbocycles. The van der Waals surface area contributed by atoms with E-state index in [1.807, 2.05) is 80.6 Å². The van der Waals surface area contributed by atoms with Gasteiger partial charge in [-0.1, -0.05) is 91.0 Å². The van der Waals surface area contributed by atoms with Crippen LogP contribution in [0.3, 0.4) is 0 Å². The van der Waals surface area contributed by atoms with Crippen molar-refractivity contribution in [1.82, 2.24) is 0 Å². The van der Waals surface area contributed by atoms with E-state index in [2.05, 4.69) is 24.3 Å². The van der Waals surface area contributed by atoms with Crippen LogP contribution < -0.4 is 4.90 Å². The summed E-state index contributed by atoms with van der Waals surface area (Å²) in [6, 6.07) is 38.0. The quantitative estimate of drug-likeness (QED) is 0.236. The molecule has 0 saturated heterocycles. The zero-order valence-electron chi connectivity index (χ0n) is 20.3. The highest BCUT2D eigenvalue weighted by molar-refractivity contribution is 5.88. The summed E-state index contributed by atoms with van der Waals surface area (Å²) in [7, 11) is 0. The van der Waals surface area contributed by atoms with Gasteiger partial charge in [-0.15, -0.1) is 0 Å². The predicted molar refractivity (Wildman–Crippen MR) is 146 cm³/mol. The van der Waals surface area contributed by atoms with Gasteiger partial charge in [0.15, 0.2) is 0 Å². The highest BCUT2D eigenvalue weighted by Gasteiger charge is 2.23. The molecule has 0 saturated carbocycles. The smallest absolute Gasteiger partial charge is 0.147 e. The first-order valence-electron chi connectivity index (χ1n) is 12.1. The maximum Gasteiger partial charge on any atom is 0.147 e. The summed E-state index contributed by atoms with van der Waals surface area (Å²) in [5.41, 5.74) is 6.44. The Hall–Kier alpha value is -4.24. The van der Waals surface area contributed by atoms with E-state index < -0.39 is 5.82 Å². The molecule has 0 heterocycles. The second kappa shape index (κ2) is 10.2. The highest BCUT2D eigenvalue weighted by atomic mass is 19.1. The average Bonchev–Trinajstić information content (AvgIpc) is 2.91. The fourth-order valence-electron chi connectivity index (χ4n) is 4.67. The minimum atomic E-state index is -0.395. The second-order valence-electron chi connectivity index (χ2n) is 9.08. The number of anilines is 2. The van der Waals surface area contributed by atoms with Gasteiger partial charge in [0.1, 0.15) is 11.6 Å². The Morgan fingerprint density at radius 2 is 1.03 bits per heavy atom. The van der Waals surface area contributed by atoms with Gasteiger partial charge >= 0.3 is 0 Å². The van der Waals surface area contributed by atoms with E-state index in [4.69, 9.17) is 0 Å². The largest absolute Gasteiger partial charge is 0.334 e. The molecule has 0 aromatic heterocycles. The summed E-state index contributed by atoms with van der Waals surface area (Å²) in [4.78, 5) is 1.73. The lowest BCUT2D eigenvalue weighted by Crippen LogP contribution is -2.27. The molecular formula is C33H27F2N. The number of nitrogens with zero attached hydrogens (tertiary/aromatic N) is 1. The van der Waals surface area contributed by atoms with Crippen molar-refractivity contribution in [2.24, 2.45) is 0 Å². The Balaban J connectivity index is 1.74. The summed E-state index contributed by atoms with van der Waals surface area (Å²) in [5.74, 6) is -0.779. The van der Waals surface area contributed by atoms with Crippen LogP contribution >= 0.6 is 0 Å². The third kappa shape index (κ3) is 4.65. The molecule has 1 nitrogen and oxygen atoms in total. The molecule has 0 aliphatic heterocycles. The average molecular weight is 476 g/mol. The summed E-state index contributed by atoms with van der Waals surface area (Å²) >= 11 is 0. The van der Waals surface area contributed by atoms with Gasteiger partial charge in [-0.05, 0) is 77.6 Å². The van der Waals surface area contributed by atoms with Crippen LogP contribution in [-0.4, -0.2) is 6.04 Å². The first-order chi connectivity index (χ1) is 17.5. The van der Waals surface area contributed by atoms with Crippen LogP contribution in [-0.2, 0) is 0 Å². The number of halogens is 2. The van der Waals surface area contributed by atoms with Gasteiger partial charge < -0.3 is 4.90 Å². The lowest BCUT2D eigenvalue weighted by molar-refractivity contribution is 0.602. The minimum Gasteiger partial charge on any atom is -0.334 e. The van der Waals surface area contributed by atoms with Crippen molar-refractivity contribution in [3.05, 3.63) is 133 Å². The molecule has 0 aliphatic rings. The third-order valence-electron chi connectivity index (χ3n) is 6.34. The van der Waals surface area contributed by atoms with E-state index in [0.717, 1.165) is 33.4 Å². The molecule has 0 spiro atoms. The van der Waals surface area contributed by atoms with Crippen molar-refractivity contribution in [2.45, 2.75) is 19.9 Å². The fraction of sp³-hybridized carbons (Fsp3) is 0.0909. The Kier molecular flexibility index (Phi) is 6.64. The molecule has 0 radical (unpaired) electrons. The zero-order chi connectivity index (χ0) is 25.1. The van der Waals surface area contributed by atoms with Crippen LogP contribution in [0.5, 0.6) is 0 Å². The molecule has 0 unspecified atom stereocenters. The van der Waals surface area contributed by atoms with E-state index in [0.29, 0.717) is 11.4 Å². The van der Waals surface area contributed by atoms with Crippen LogP contribution in [0.4, 0.5) is 20.2 Å². The third-order valence-corrected chi connectivity index (χ3v) is 6.34. The van der Waals surface area contributed by atoms with Crippen molar-refractivity contribution < 1.29 is 8.78 Å². The molecule has 0 atom stereocenters. The number of benzene rings is 5. The SMILES string of the molecule is CC(C)N(c1ccccc1F)c1cc(-c2cccc(-c3ccccc3)c2)c(-c2ccccc2)cc1F. The van der Waals surface area contributed by atoms with Crippen LogP contribution in [0, 0.1) is 11.6 Å². The first-order valence-corrected chi connectivity index (χ1v) is 12.1. The Bertz CT molecular complexity index is 1480. The fourth-order valence-corrected chi connectivity index (χ4v) is 4.67. The number of hydrogen-bond donors (Lipinski definition) is 0. The maximum absolute atomic E-state index is 15.8. The van der Waals surface area contributed by atoms with E-state index in [9.17, 15) is 4.39 Å². The number of rotatable bonds is 6. The van der Waals surface area contributed by atoms with Gasteiger partial charge in [-0.25, -0.2) is 8.78 Å². The Labute approximate surface area is 211 Å². The predicted octanol–water partition coefficient (Wildman–Crippen LogP) is 9.51. The van der Waals surface area contributed by atoms with Crippen LogP contribution in [0.1, 0.15) is 13.8 Å². The van der Waals surface area contributed by atoms with Gasteiger partial charge in [-0.2, -0.15) is 0 Å². The second-order valence-corrected chi connectivity index (χ2v) is 9.08. The molecule has 5 aromatic rings. The lowest BCUT2D eigenvalue weighted by atomic mass is 9.91. The molecule has 36 heavy (non-hydrogen) atoms. The summed E-state index contributed by atoms with van der Waals surface area (Å²) in [6.07, 6.45) is 0. The monoisotopic (exact) mass is 475 g/mol. The molecule has 5 rings (SSSR count). The van der Waals surface area contributed by atoms with Crippen LogP contribution in [0.2, 0.25) is 0 Å². The van der Waals surface area contributed by atoms with Crippen molar-refractivity contribution in [3.63, 3.8) is 0 Å². The standard InChI is InChI=1S/C33H27F2N/c1-23(2)36(32-19-10-9-18-30(32)34)33-22-29(28(21-31(33)35)25-14-7-4-8-15-25)27-17-11-16-26(20-27)24-12-5-3-6-13-24/h3-23H,1-2H3. The van der Waals surface area contributed by atoms with E-state index in [-0.39, 0.29) is 11.9 Å². The summed E-state index contributed by atoms with van der Waals surface area (Å²) < 4.78 is 30.7. The van der Waals surface area contributed by atoms with Gasteiger partial charge in [0.2, 0.25) is 0 Å². The number of para-hydroxylation sites is 1. The maximum atomic E-state index is 15.8. The molecule has 0 fully saturated rings. The molecule has 0 bridgehead atoms. The number of hydrogen-bond acceptors (Lipinski definition) is 1. The summed E-state index contributed by atoms with van der Waals surface area (Å²) in [6.45, 7) is 3.87. The van der Waals surface area contributed by atoms with Crippen molar-refractivity contribution in [3.8, 4) is 33.4 Å². The van der Waals surface area contributed by atoms with Gasteiger partial charge in [-0.3, -0.25) is 0 Å². The van der Waals surface area contributed by atoms with Crippen LogP contribution in [0.15, 0.2) is 121 Å². The van der Waals surface area contributed by atoms with Gasteiger partial charge in [0.05, 0.1) is 11.4 Å². The molecule has 0 N–H and O–H groups in total.